The molecule has 1 fully saturated rings. The highest BCUT2D eigenvalue weighted by Crippen LogP contribution is 2.22. The number of alkyl halides is 1. The zero-order valence-electron chi connectivity index (χ0n) is 11.9. The van der Waals surface area contributed by atoms with Gasteiger partial charge >= 0.3 is 0 Å². The van der Waals surface area contributed by atoms with Gasteiger partial charge in [0.15, 0.2) is 0 Å². The summed E-state index contributed by atoms with van der Waals surface area (Å²) < 4.78 is 0. The number of halogens is 1. The molecule has 0 aliphatic carbocycles. The van der Waals surface area contributed by atoms with Gasteiger partial charge < -0.3 is 0 Å². The molecule has 1 aliphatic rings. The van der Waals surface area contributed by atoms with E-state index in [4.69, 9.17) is 11.6 Å². The second kappa shape index (κ2) is 6.39. The third-order valence-corrected chi connectivity index (χ3v) is 4.11. The molecular formula is C14H20ClN3O2. The first-order valence-electron chi connectivity index (χ1n) is 7.03. The van der Waals surface area contributed by atoms with Gasteiger partial charge in [0.05, 0.1) is 0 Å². The maximum Gasteiger partial charge on any atom is 0.255 e. The molecule has 1 N–H and O–H groups in total. The number of aryl methyl sites for hydroxylation is 1. The number of amides is 1. The normalized spacial score (nSPS) is 18.9. The monoisotopic (exact) mass is 297 g/mol. The van der Waals surface area contributed by atoms with E-state index in [1.807, 2.05) is 6.92 Å². The summed E-state index contributed by atoms with van der Waals surface area (Å²) in [5.41, 5.74) is 1.29. The fourth-order valence-corrected chi connectivity index (χ4v) is 2.67. The molecular weight excluding hydrogens is 278 g/mol. The third-order valence-electron chi connectivity index (χ3n) is 3.67. The Kier molecular flexibility index (Phi) is 4.81. The Labute approximate surface area is 123 Å². The molecule has 0 spiro atoms. The lowest BCUT2D eigenvalue weighted by Gasteiger charge is -2.16. The van der Waals surface area contributed by atoms with Gasteiger partial charge in [-0.1, -0.05) is 13.3 Å². The number of anilines is 1. The van der Waals surface area contributed by atoms with Gasteiger partial charge in [-0.25, -0.2) is 4.98 Å². The van der Waals surface area contributed by atoms with Crippen LogP contribution in [0.25, 0.3) is 0 Å². The van der Waals surface area contributed by atoms with Gasteiger partial charge in [0.2, 0.25) is 11.9 Å². The van der Waals surface area contributed by atoms with Crippen LogP contribution in [0.3, 0.4) is 0 Å². The van der Waals surface area contributed by atoms with Crippen molar-refractivity contribution in [2.45, 2.75) is 39.5 Å². The van der Waals surface area contributed by atoms with Gasteiger partial charge in [-0.15, -0.1) is 11.6 Å². The summed E-state index contributed by atoms with van der Waals surface area (Å²) in [5, 5.41) is 0. The molecule has 110 valence electrons. The van der Waals surface area contributed by atoms with E-state index in [9.17, 15) is 9.59 Å². The summed E-state index contributed by atoms with van der Waals surface area (Å²) >= 11 is 5.80. The first kappa shape index (κ1) is 15.0. The van der Waals surface area contributed by atoms with E-state index in [-0.39, 0.29) is 17.4 Å². The van der Waals surface area contributed by atoms with E-state index in [0.717, 1.165) is 24.8 Å². The molecule has 2 rings (SSSR count). The molecule has 1 atom stereocenters. The number of rotatable bonds is 5. The quantitative estimate of drug-likeness (QED) is 0.846. The highest BCUT2D eigenvalue weighted by Gasteiger charge is 2.31. The van der Waals surface area contributed by atoms with Crippen LogP contribution in [0.15, 0.2) is 4.79 Å². The molecule has 0 radical (unpaired) electrons. The smallest absolute Gasteiger partial charge is 0.255 e. The fraction of sp³-hybridized carbons (Fsp3) is 0.643. The van der Waals surface area contributed by atoms with Crippen molar-refractivity contribution in [1.29, 1.82) is 0 Å². The Morgan fingerprint density at radius 1 is 1.45 bits per heavy atom. The van der Waals surface area contributed by atoms with Crippen molar-refractivity contribution < 1.29 is 4.79 Å². The Morgan fingerprint density at radius 3 is 2.75 bits per heavy atom. The van der Waals surface area contributed by atoms with Crippen LogP contribution in [-0.2, 0) is 11.2 Å². The van der Waals surface area contributed by atoms with E-state index in [0.29, 0.717) is 30.5 Å². The topological polar surface area (TPSA) is 66.1 Å². The number of hydrogen-bond donors (Lipinski definition) is 1. The molecule has 2 heterocycles. The predicted octanol–water partition coefficient (Wildman–Crippen LogP) is 2.01. The Morgan fingerprint density at radius 2 is 2.20 bits per heavy atom. The highest BCUT2D eigenvalue weighted by atomic mass is 35.5. The highest BCUT2D eigenvalue weighted by molar-refractivity contribution is 6.18. The number of aromatic amines is 1. The molecule has 6 heteroatoms. The Balaban J connectivity index is 2.26. The molecule has 1 aromatic rings. The van der Waals surface area contributed by atoms with Crippen molar-refractivity contribution in [2.75, 3.05) is 17.3 Å². The maximum atomic E-state index is 12.1. The fourth-order valence-electron chi connectivity index (χ4n) is 2.46. The van der Waals surface area contributed by atoms with E-state index < -0.39 is 0 Å². The summed E-state index contributed by atoms with van der Waals surface area (Å²) in [6.45, 7) is 4.43. The summed E-state index contributed by atoms with van der Waals surface area (Å²) in [6, 6.07) is 0. The standard InChI is InChI=1S/C14H20ClN3O2/c1-3-4-5-11-9(2)16-14(17-13(11)20)18-8-10(7-15)6-12(18)19/h10H,3-8H2,1-2H3,(H,16,17,20). The molecule has 0 bridgehead atoms. The second-order valence-electron chi connectivity index (χ2n) is 5.29. The average molecular weight is 298 g/mol. The molecule has 20 heavy (non-hydrogen) atoms. The number of unbranched alkanes of at least 4 members (excludes halogenated alkanes) is 1. The van der Waals surface area contributed by atoms with E-state index in [2.05, 4.69) is 16.9 Å². The molecule has 1 aromatic heterocycles. The van der Waals surface area contributed by atoms with Crippen molar-refractivity contribution in [3.05, 3.63) is 21.6 Å². The minimum Gasteiger partial charge on any atom is -0.292 e. The lowest BCUT2D eigenvalue weighted by atomic mass is 10.1. The van der Waals surface area contributed by atoms with Crippen molar-refractivity contribution in [3.8, 4) is 0 Å². The zero-order valence-corrected chi connectivity index (χ0v) is 12.7. The molecule has 0 aromatic carbocycles. The first-order chi connectivity index (χ1) is 9.56. The number of H-pyrrole nitrogens is 1. The van der Waals surface area contributed by atoms with Crippen LogP contribution in [0.2, 0.25) is 0 Å². The van der Waals surface area contributed by atoms with Crippen LogP contribution < -0.4 is 10.5 Å². The molecule has 5 nitrogen and oxygen atoms in total. The van der Waals surface area contributed by atoms with Gasteiger partial charge in [-0.2, -0.15) is 0 Å². The van der Waals surface area contributed by atoms with Crippen LogP contribution in [0.4, 0.5) is 5.95 Å². The van der Waals surface area contributed by atoms with Crippen LogP contribution >= 0.6 is 11.6 Å². The van der Waals surface area contributed by atoms with Gasteiger partial charge in [0.1, 0.15) is 0 Å². The van der Waals surface area contributed by atoms with Gasteiger partial charge in [-0.05, 0) is 25.7 Å². The molecule has 1 amide bonds. The van der Waals surface area contributed by atoms with Crippen LogP contribution in [-0.4, -0.2) is 28.3 Å². The molecule has 1 unspecified atom stereocenters. The molecule has 1 saturated heterocycles. The maximum absolute atomic E-state index is 12.1. The van der Waals surface area contributed by atoms with Crippen molar-refractivity contribution in [2.24, 2.45) is 5.92 Å². The minimum atomic E-state index is -0.136. The number of nitrogens with one attached hydrogen (secondary N) is 1. The summed E-state index contributed by atoms with van der Waals surface area (Å²) in [7, 11) is 0. The van der Waals surface area contributed by atoms with Crippen LogP contribution in [0.5, 0.6) is 0 Å². The first-order valence-corrected chi connectivity index (χ1v) is 7.56. The van der Waals surface area contributed by atoms with Crippen LogP contribution in [0.1, 0.15) is 37.4 Å². The minimum absolute atomic E-state index is 0.0282. The summed E-state index contributed by atoms with van der Waals surface area (Å²) in [4.78, 5) is 32.7. The van der Waals surface area contributed by atoms with Crippen molar-refractivity contribution in [3.63, 3.8) is 0 Å². The lowest BCUT2D eigenvalue weighted by molar-refractivity contribution is -0.117. The number of aromatic nitrogens is 2. The number of hydrogen-bond acceptors (Lipinski definition) is 3. The van der Waals surface area contributed by atoms with Gasteiger partial charge in [0.25, 0.3) is 5.56 Å². The SMILES string of the molecule is CCCCc1c(C)nc(N2CC(CCl)CC2=O)[nH]c1=O. The van der Waals surface area contributed by atoms with Gasteiger partial charge in [-0.3, -0.25) is 19.5 Å². The predicted molar refractivity (Wildman–Crippen MR) is 79.4 cm³/mol. The van der Waals surface area contributed by atoms with Crippen LogP contribution in [0, 0.1) is 12.8 Å². The van der Waals surface area contributed by atoms with Crippen molar-refractivity contribution in [1.82, 2.24) is 9.97 Å². The molecule has 1 aliphatic heterocycles. The van der Waals surface area contributed by atoms with E-state index in [1.54, 1.807) is 0 Å². The summed E-state index contributed by atoms with van der Waals surface area (Å²) in [5.74, 6) is 0.902. The second-order valence-corrected chi connectivity index (χ2v) is 5.59. The number of nitrogens with zero attached hydrogens (tertiary/aromatic N) is 2. The Bertz CT molecular complexity index is 556. The van der Waals surface area contributed by atoms with Gasteiger partial charge in [0, 0.05) is 30.1 Å². The third kappa shape index (κ3) is 3.03. The lowest BCUT2D eigenvalue weighted by Crippen LogP contribution is -2.30. The number of carbonyl (C=O) groups is 1. The van der Waals surface area contributed by atoms with E-state index >= 15 is 0 Å². The zero-order chi connectivity index (χ0) is 14.7. The summed E-state index contributed by atoms with van der Waals surface area (Å²) in [6.07, 6.45) is 3.14. The Hall–Kier alpha value is -1.36. The largest absolute Gasteiger partial charge is 0.292 e. The molecule has 0 saturated carbocycles. The van der Waals surface area contributed by atoms with E-state index in [1.165, 1.54) is 4.90 Å². The van der Waals surface area contributed by atoms with Crippen molar-refractivity contribution >= 4 is 23.5 Å². The average Bonchev–Trinajstić information content (AvgIpc) is 2.79. The number of carbonyl (C=O) groups excluding carboxylic acids is 1.